The first-order chi connectivity index (χ1) is 9.10. The predicted octanol–water partition coefficient (Wildman–Crippen LogP) is 2.40. The first kappa shape index (κ1) is 13.5. The maximum atomic E-state index is 13.1. The third-order valence-corrected chi connectivity index (χ3v) is 2.59. The second-order valence-electron chi connectivity index (χ2n) is 4.10. The molecule has 0 unspecified atom stereocenters. The molecule has 2 aromatic rings. The Morgan fingerprint density at radius 2 is 2.26 bits per heavy atom. The van der Waals surface area contributed by atoms with Crippen LogP contribution in [0.15, 0.2) is 22.7 Å². The maximum absolute atomic E-state index is 13.1. The maximum Gasteiger partial charge on any atom is 0.226 e. The third kappa shape index (κ3) is 3.29. The van der Waals surface area contributed by atoms with E-state index < -0.39 is 11.9 Å². The summed E-state index contributed by atoms with van der Waals surface area (Å²) in [5.74, 6) is 0.932. The second kappa shape index (κ2) is 5.79. The van der Waals surface area contributed by atoms with Crippen LogP contribution in [0.2, 0.25) is 0 Å². The number of rotatable bonds is 5. The largest absolute Gasteiger partial charge is 0.485 e. The number of aromatic nitrogens is 2. The van der Waals surface area contributed by atoms with E-state index in [1.165, 1.54) is 18.2 Å². The van der Waals surface area contributed by atoms with Crippen LogP contribution in [0.1, 0.15) is 37.2 Å². The van der Waals surface area contributed by atoms with Crippen LogP contribution in [0.5, 0.6) is 5.75 Å². The van der Waals surface area contributed by atoms with Gasteiger partial charge in [0.25, 0.3) is 0 Å². The molecule has 1 heterocycles. The summed E-state index contributed by atoms with van der Waals surface area (Å²) in [5.41, 5.74) is 0.388. The summed E-state index contributed by atoms with van der Waals surface area (Å²) in [4.78, 5) is 4.10. The Labute approximate surface area is 110 Å². The Morgan fingerprint density at radius 3 is 2.89 bits per heavy atom. The molecular formula is C13H15FN2O3. The van der Waals surface area contributed by atoms with E-state index in [1.54, 1.807) is 6.92 Å². The Morgan fingerprint density at radius 1 is 1.47 bits per heavy atom. The van der Waals surface area contributed by atoms with Gasteiger partial charge in [0.1, 0.15) is 11.6 Å². The van der Waals surface area contributed by atoms with Crippen molar-refractivity contribution >= 4 is 0 Å². The van der Waals surface area contributed by atoms with Crippen LogP contribution in [-0.2, 0) is 13.0 Å². The van der Waals surface area contributed by atoms with Crippen LogP contribution in [0.4, 0.5) is 4.39 Å². The molecular weight excluding hydrogens is 251 g/mol. The zero-order valence-corrected chi connectivity index (χ0v) is 10.8. The van der Waals surface area contributed by atoms with Crippen LogP contribution < -0.4 is 4.74 Å². The molecule has 0 aliphatic carbocycles. The smallest absolute Gasteiger partial charge is 0.226 e. The Kier molecular flexibility index (Phi) is 4.11. The summed E-state index contributed by atoms with van der Waals surface area (Å²) >= 11 is 0. The average molecular weight is 266 g/mol. The van der Waals surface area contributed by atoms with Gasteiger partial charge in [0.2, 0.25) is 11.7 Å². The van der Waals surface area contributed by atoms with E-state index in [-0.39, 0.29) is 6.61 Å². The predicted molar refractivity (Wildman–Crippen MR) is 65.0 cm³/mol. The highest BCUT2D eigenvalue weighted by atomic mass is 19.1. The molecule has 0 aliphatic rings. The van der Waals surface area contributed by atoms with Gasteiger partial charge in [-0.05, 0) is 25.1 Å². The van der Waals surface area contributed by atoms with E-state index in [4.69, 9.17) is 9.26 Å². The number of aryl methyl sites for hydroxylation is 1. The number of halogens is 1. The molecule has 5 nitrogen and oxygen atoms in total. The SMILES string of the molecule is CCc1nc(COc2ccc(F)cc2[C@H](C)O)no1. The van der Waals surface area contributed by atoms with Crippen molar-refractivity contribution in [1.29, 1.82) is 0 Å². The Bertz CT molecular complexity index is 555. The monoisotopic (exact) mass is 266 g/mol. The molecule has 0 spiro atoms. The third-order valence-electron chi connectivity index (χ3n) is 2.59. The minimum atomic E-state index is -0.817. The summed E-state index contributed by atoms with van der Waals surface area (Å²) in [7, 11) is 0. The van der Waals surface area contributed by atoms with E-state index in [0.717, 1.165) is 0 Å². The average Bonchev–Trinajstić information content (AvgIpc) is 2.85. The number of hydrogen-bond acceptors (Lipinski definition) is 5. The van der Waals surface area contributed by atoms with Gasteiger partial charge in [0, 0.05) is 12.0 Å². The fraction of sp³-hybridized carbons (Fsp3) is 0.385. The topological polar surface area (TPSA) is 68.4 Å². The number of benzene rings is 1. The van der Waals surface area contributed by atoms with Gasteiger partial charge < -0.3 is 14.4 Å². The molecule has 0 fully saturated rings. The molecule has 19 heavy (non-hydrogen) atoms. The molecule has 102 valence electrons. The lowest BCUT2D eigenvalue weighted by Crippen LogP contribution is -2.03. The first-order valence-electron chi connectivity index (χ1n) is 6.02. The van der Waals surface area contributed by atoms with Crippen molar-refractivity contribution in [2.45, 2.75) is 33.0 Å². The van der Waals surface area contributed by atoms with E-state index in [1.807, 2.05) is 6.92 Å². The molecule has 0 aliphatic heterocycles. The number of hydrogen-bond donors (Lipinski definition) is 1. The van der Waals surface area contributed by atoms with Crippen LogP contribution in [0, 0.1) is 5.82 Å². The molecule has 6 heteroatoms. The number of aliphatic hydroxyl groups is 1. The van der Waals surface area contributed by atoms with Crippen molar-refractivity contribution in [2.24, 2.45) is 0 Å². The van der Waals surface area contributed by atoms with Crippen molar-refractivity contribution in [3.63, 3.8) is 0 Å². The normalized spacial score (nSPS) is 12.4. The van der Waals surface area contributed by atoms with Crippen molar-refractivity contribution in [2.75, 3.05) is 0 Å². The van der Waals surface area contributed by atoms with Crippen LogP contribution in [0.25, 0.3) is 0 Å². The summed E-state index contributed by atoms with van der Waals surface area (Å²) in [6.07, 6.45) is -0.162. The van der Waals surface area contributed by atoms with Gasteiger partial charge >= 0.3 is 0 Å². The van der Waals surface area contributed by atoms with E-state index in [0.29, 0.717) is 29.4 Å². The lowest BCUT2D eigenvalue weighted by atomic mass is 10.1. The fourth-order valence-corrected chi connectivity index (χ4v) is 1.61. The van der Waals surface area contributed by atoms with Crippen LogP contribution in [0.3, 0.4) is 0 Å². The van der Waals surface area contributed by atoms with Crippen LogP contribution >= 0.6 is 0 Å². The van der Waals surface area contributed by atoms with Gasteiger partial charge in [-0.1, -0.05) is 12.1 Å². The highest BCUT2D eigenvalue weighted by molar-refractivity contribution is 5.35. The molecule has 1 aromatic carbocycles. The molecule has 1 aromatic heterocycles. The van der Waals surface area contributed by atoms with Gasteiger partial charge in [-0.25, -0.2) is 4.39 Å². The molecule has 2 rings (SSSR count). The standard InChI is InChI=1S/C13H15FN2O3/c1-3-13-15-12(16-19-13)7-18-11-5-4-9(14)6-10(11)8(2)17/h4-6,8,17H,3,7H2,1-2H3/t8-/m0/s1. The zero-order valence-electron chi connectivity index (χ0n) is 10.8. The van der Waals surface area contributed by atoms with Gasteiger partial charge in [0.05, 0.1) is 6.10 Å². The zero-order chi connectivity index (χ0) is 13.8. The highest BCUT2D eigenvalue weighted by Gasteiger charge is 2.12. The lowest BCUT2D eigenvalue weighted by Gasteiger charge is -2.12. The van der Waals surface area contributed by atoms with E-state index in [2.05, 4.69) is 10.1 Å². The minimum Gasteiger partial charge on any atom is -0.485 e. The van der Waals surface area contributed by atoms with Gasteiger partial charge in [-0.15, -0.1) is 0 Å². The van der Waals surface area contributed by atoms with Crippen molar-refractivity contribution in [3.05, 3.63) is 41.3 Å². The second-order valence-corrected chi connectivity index (χ2v) is 4.10. The lowest BCUT2D eigenvalue weighted by molar-refractivity contribution is 0.188. The number of ether oxygens (including phenoxy) is 1. The summed E-state index contributed by atoms with van der Waals surface area (Å²) in [6.45, 7) is 3.56. The van der Waals surface area contributed by atoms with Crippen molar-refractivity contribution in [1.82, 2.24) is 10.1 Å². The van der Waals surface area contributed by atoms with Gasteiger partial charge in [-0.3, -0.25) is 0 Å². The van der Waals surface area contributed by atoms with Crippen molar-refractivity contribution in [3.8, 4) is 5.75 Å². The quantitative estimate of drug-likeness (QED) is 0.900. The first-order valence-corrected chi connectivity index (χ1v) is 6.02. The molecule has 1 N–H and O–H groups in total. The molecule has 1 atom stereocenters. The highest BCUT2D eigenvalue weighted by Crippen LogP contribution is 2.26. The van der Waals surface area contributed by atoms with Crippen molar-refractivity contribution < 1.29 is 18.8 Å². The van der Waals surface area contributed by atoms with Crippen LogP contribution in [-0.4, -0.2) is 15.2 Å². The Hall–Kier alpha value is -1.95. The molecule has 0 radical (unpaired) electrons. The summed E-state index contributed by atoms with van der Waals surface area (Å²) < 4.78 is 23.5. The number of nitrogens with zero attached hydrogens (tertiary/aromatic N) is 2. The molecule has 0 bridgehead atoms. The number of aliphatic hydroxyl groups excluding tert-OH is 1. The Balaban J connectivity index is 2.10. The minimum absolute atomic E-state index is 0.106. The summed E-state index contributed by atoms with van der Waals surface area (Å²) in [6, 6.07) is 3.99. The molecule has 0 saturated carbocycles. The molecule has 0 saturated heterocycles. The van der Waals surface area contributed by atoms with Gasteiger partial charge in [-0.2, -0.15) is 4.98 Å². The van der Waals surface area contributed by atoms with E-state index >= 15 is 0 Å². The van der Waals surface area contributed by atoms with E-state index in [9.17, 15) is 9.50 Å². The fourth-order valence-electron chi connectivity index (χ4n) is 1.61. The molecule has 0 amide bonds. The summed E-state index contributed by atoms with van der Waals surface area (Å²) in [5, 5.41) is 13.3. The van der Waals surface area contributed by atoms with Gasteiger partial charge in [0.15, 0.2) is 6.61 Å².